The predicted octanol–water partition coefficient (Wildman–Crippen LogP) is 3.86. The first-order chi connectivity index (χ1) is 8.59. The third kappa shape index (κ3) is 2.60. The number of halogens is 2. The minimum Gasteiger partial charge on any atom is -0.484 e. The van der Waals surface area contributed by atoms with Gasteiger partial charge in [-0.25, -0.2) is 4.79 Å². The van der Waals surface area contributed by atoms with Crippen LogP contribution in [0, 0.1) is 0 Å². The van der Waals surface area contributed by atoms with E-state index in [4.69, 9.17) is 37.5 Å². The first kappa shape index (κ1) is 12.8. The topological polar surface area (TPSA) is 59.7 Å². The molecule has 2 rings (SSSR count). The Morgan fingerprint density at radius 3 is 2.83 bits per heavy atom. The maximum atomic E-state index is 10.9. The SMILES string of the molecule is O=C(O)c1ccoc1COc1cccc(Cl)c1Cl. The standard InChI is InChI=1S/C12H8Cl2O4/c13-8-2-1-3-9(11(8)14)18-6-10-7(12(15)16)4-5-17-10/h1-5H,6H2,(H,15,16). The highest BCUT2D eigenvalue weighted by Crippen LogP contribution is 2.32. The molecule has 0 aliphatic heterocycles. The van der Waals surface area contributed by atoms with Gasteiger partial charge < -0.3 is 14.3 Å². The quantitative estimate of drug-likeness (QED) is 0.927. The smallest absolute Gasteiger partial charge is 0.339 e. The Bertz CT molecular complexity index is 577. The van der Waals surface area contributed by atoms with E-state index in [1.807, 2.05) is 0 Å². The molecule has 1 heterocycles. The van der Waals surface area contributed by atoms with Crippen LogP contribution >= 0.6 is 23.2 Å². The Hall–Kier alpha value is -1.65. The summed E-state index contributed by atoms with van der Waals surface area (Å²) in [6.07, 6.45) is 1.29. The molecule has 2 aromatic rings. The first-order valence-electron chi connectivity index (χ1n) is 4.96. The molecule has 0 spiro atoms. The van der Waals surface area contributed by atoms with Gasteiger partial charge in [0.25, 0.3) is 0 Å². The van der Waals surface area contributed by atoms with E-state index in [9.17, 15) is 4.79 Å². The van der Waals surface area contributed by atoms with Gasteiger partial charge in [0.05, 0.1) is 11.3 Å². The molecule has 18 heavy (non-hydrogen) atoms. The van der Waals surface area contributed by atoms with E-state index < -0.39 is 5.97 Å². The van der Waals surface area contributed by atoms with Gasteiger partial charge in [-0.05, 0) is 18.2 Å². The molecule has 0 atom stereocenters. The molecule has 0 aliphatic rings. The number of furan rings is 1. The van der Waals surface area contributed by atoms with Gasteiger partial charge in [0.15, 0.2) is 5.76 Å². The largest absolute Gasteiger partial charge is 0.484 e. The summed E-state index contributed by atoms with van der Waals surface area (Å²) in [5.41, 5.74) is 0.0631. The number of rotatable bonds is 4. The molecule has 0 bridgehead atoms. The second-order valence-corrected chi connectivity index (χ2v) is 4.19. The minimum absolute atomic E-state index is 0.0330. The van der Waals surface area contributed by atoms with E-state index in [0.29, 0.717) is 10.8 Å². The molecule has 1 aromatic carbocycles. The molecule has 0 saturated heterocycles. The Labute approximate surface area is 113 Å². The van der Waals surface area contributed by atoms with Crippen molar-refractivity contribution in [3.63, 3.8) is 0 Å². The predicted molar refractivity (Wildman–Crippen MR) is 66.5 cm³/mol. The Morgan fingerprint density at radius 1 is 1.33 bits per heavy atom. The van der Waals surface area contributed by atoms with E-state index in [2.05, 4.69) is 0 Å². The van der Waals surface area contributed by atoms with Crippen molar-refractivity contribution in [3.8, 4) is 5.75 Å². The highest BCUT2D eigenvalue weighted by atomic mass is 35.5. The number of carboxylic acid groups (broad SMARTS) is 1. The monoisotopic (exact) mass is 286 g/mol. The van der Waals surface area contributed by atoms with E-state index in [-0.39, 0.29) is 23.0 Å². The maximum Gasteiger partial charge on any atom is 0.339 e. The summed E-state index contributed by atoms with van der Waals surface area (Å²) < 4.78 is 10.4. The van der Waals surface area contributed by atoms with Crippen LogP contribution < -0.4 is 4.74 Å². The van der Waals surface area contributed by atoms with Crippen LogP contribution in [0.2, 0.25) is 10.0 Å². The van der Waals surface area contributed by atoms with Crippen LogP contribution in [-0.4, -0.2) is 11.1 Å². The Balaban J connectivity index is 2.14. The third-order valence-corrected chi connectivity index (χ3v) is 3.05. The molecule has 4 nitrogen and oxygen atoms in total. The number of aromatic carboxylic acids is 1. The lowest BCUT2D eigenvalue weighted by Crippen LogP contribution is -2.02. The Kier molecular flexibility index (Phi) is 3.79. The molecular weight excluding hydrogens is 279 g/mol. The summed E-state index contributed by atoms with van der Waals surface area (Å²) in [4.78, 5) is 10.9. The summed E-state index contributed by atoms with van der Waals surface area (Å²) in [6.45, 7) is -0.0330. The average Bonchev–Trinajstić information content (AvgIpc) is 2.79. The fourth-order valence-corrected chi connectivity index (χ4v) is 1.73. The average molecular weight is 287 g/mol. The molecule has 0 radical (unpaired) electrons. The number of hydrogen-bond donors (Lipinski definition) is 1. The van der Waals surface area contributed by atoms with Crippen molar-refractivity contribution in [2.24, 2.45) is 0 Å². The van der Waals surface area contributed by atoms with Crippen molar-refractivity contribution in [2.45, 2.75) is 6.61 Å². The number of carbonyl (C=O) groups is 1. The van der Waals surface area contributed by atoms with Crippen LogP contribution in [-0.2, 0) is 6.61 Å². The van der Waals surface area contributed by atoms with E-state index >= 15 is 0 Å². The van der Waals surface area contributed by atoms with Gasteiger partial charge in [0, 0.05) is 0 Å². The first-order valence-corrected chi connectivity index (χ1v) is 5.71. The molecule has 0 aliphatic carbocycles. The van der Waals surface area contributed by atoms with Crippen molar-refractivity contribution in [1.82, 2.24) is 0 Å². The van der Waals surface area contributed by atoms with Gasteiger partial charge in [0.2, 0.25) is 0 Å². The van der Waals surface area contributed by atoms with Crippen LogP contribution in [0.4, 0.5) is 0 Å². The zero-order valence-electron chi connectivity index (χ0n) is 9.02. The maximum absolute atomic E-state index is 10.9. The normalized spacial score (nSPS) is 10.3. The van der Waals surface area contributed by atoms with Gasteiger partial charge in [-0.2, -0.15) is 0 Å². The van der Waals surface area contributed by atoms with Gasteiger partial charge >= 0.3 is 5.97 Å². The lowest BCUT2D eigenvalue weighted by molar-refractivity contribution is 0.0692. The fourth-order valence-electron chi connectivity index (χ4n) is 1.38. The van der Waals surface area contributed by atoms with Gasteiger partial charge in [-0.15, -0.1) is 0 Å². The number of hydrogen-bond acceptors (Lipinski definition) is 3. The van der Waals surface area contributed by atoms with Crippen molar-refractivity contribution in [1.29, 1.82) is 0 Å². The second kappa shape index (κ2) is 5.33. The molecular formula is C12H8Cl2O4. The summed E-state index contributed by atoms with van der Waals surface area (Å²) >= 11 is 11.8. The molecule has 0 fully saturated rings. The lowest BCUT2D eigenvalue weighted by atomic mass is 10.2. The van der Waals surface area contributed by atoms with Crippen LogP contribution in [0.3, 0.4) is 0 Å². The van der Waals surface area contributed by atoms with E-state index in [1.165, 1.54) is 12.3 Å². The molecule has 0 amide bonds. The summed E-state index contributed by atoms with van der Waals surface area (Å²) in [7, 11) is 0. The van der Waals surface area contributed by atoms with Crippen molar-refractivity contribution < 1.29 is 19.1 Å². The highest BCUT2D eigenvalue weighted by molar-refractivity contribution is 6.42. The highest BCUT2D eigenvalue weighted by Gasteiger charge is 2.14. The van der Waals surface area contributed by atoms with Gasteiger partial charge in [-0.1, -0.05) is 29.3 Å². The zero-order valence-corrected chi connectivity index (χ0v) is 10.5. The van der Waals surface area contributed by atoms with Crippen molar-refractivity contribution >= 4 is 29.2 Å². The molecule has 1 aromatic heterocycles. The Morgan fingerprint density at radius 2 is 2.11 bits per heavy atom. The number of benzene rings is 1. The van der Waals surface area contributed by atoms with Crippen LogP contribution in [0.15, 0.2) is 34.9 Å². The van der Waals surface area contributed by atoms with Crippen LogP contribution in [0.1, 0.15) is 16.1 Å². The molecule has 0 saturated carbocycles. The zero-order chi connectivity index (χ0) is 13.1. The van der Waals surface area contributed by atoms with E-state index in [1.54, 1.807) is 18.2 Å². The second-order valence-electron chi connectivity index (χ2n) is 3.40. The van der Waals surface area contributed by atoms with Crippen molar-refractivity contribution in [2.75, 3.05) is 0 Å². The summed E-state index contributed by atoms with van der Waals surface area (Å²) in [5.74, 6) is -0.477. The number of ether oxygens (including phenoxy) is 1. The molecule has 0 unspecified atom stereocenters. The number of carboxylic acids is 1. The van der Waals surface area contributed by atoms with Crippen LogP contribution in [0.5, 0.6) is 5.75 Å². The lowest BCUT2D eigenvalue weighted by Gasteiger charge is -2.07. The van der Waals surface area contributed by atoms with Crippen LogP contribution in [0.25, 0.3) is 0 Å². The summed E-state index contributed by atoms with van der Waals surface area (Å²) in [5, 5.41) is 9.54. The molecule has 6 heteroatoms. The fraction of sp³-hybridized carbons (Fsp3) is 0.0833. The minimum atomic E-state index is -1.07. The van der Waals surface area contributed by atoms with E-state index in [0.717, 1.165) is 0 Å². The van der Waals surface area contributed by atoms with Gasteiger partial charge in [0.1, 0.15) is 22.9 Å². The van der Waals surface area contributed by atoms with Gasteiger partial charge in [-0.3, -0.25) is 0 Å². The molecule has 94 valence electrons. The third-order valence-electron chi connectivity index (χ3n) is 2.25. The summed E-state index contributed by atoms with van der Waals surface area (Å²) in [6, 6.07) is 6.31. The van der Waals surface area contributed by atoms with Crippen molar-refractivity contribution in [3.05, 3.63) is 51.9 Å². The molecule has 1 N–H and O–H groups in total.